The first kappa shape index (κ1) is 9.43. The zero-order chi connectivity index (χ0) is 9.68. The van der Waals surface area contributed by atoms with Crippen LogP contribution in [-0.4, -0.2) is 17.3 Å². The van der Waals surface area contributed by atoms with E-state index in [-0.39, 0.29) is 5.78 Å². The molecule has 0 unspecified atom stereocenters. The number of nitrogens with two attached hydrogens (primary N) is 1. The number of rotatable bonds is 1. The Morgan fingerprint density at radius 2 is 2.38 bits per heavy atom. The lowest BCUT2D eigenvalue weighted by molar-refractivity contribution is 0.101. The van der Waals surface area contributed by atoms with E-state index < -0.39 is 0 Å². The van der Waals surface area contributed by atoms with Gasteiger partial charge in [-0.3, -0.25) is 4.79 Å². The molecule has 0 aliphatic heterocycles. The highest BCUT2D eigenvalue weighted by molar-refractivity contribution is 5.93. The monoisotopic (exact) mass is 174 g/mol. The van der Waals surface area contributed by atoms with Crippen LogP contribution in [0.25, 0.3) is 0 Å². The summed E-state index contributed by atoms with van der Waals surface area (Å²) in [7, 11) is 0. The van der Waals surface area contributed by atoms with Crippen molar-refractivity contribution in [3.05, 3.63) is 29.6 Å². The molecule has 3 nitrogen and oxygen atoms in total. The van der Waals surface area contributed by atoms with Crippen molar-refractivity contribution in [3.63, 3.8) is 0 Å². The van der Waals surface area contributed by atoms with E-state index in [1.807, 2.05) is 0 Å². The Kier molecular flexibility index (Phi) is 3.18. The highest BCUT2D eigenvalue weighted by Crippen LogP contribution is 1.99. The van der Waals surface area contributed by atoms with Gasteiger partial charge in [-0.2, -0.15) is 0 Å². The Bertz CT molecular complexity index is 357. The Morgan fingerprint density at radius 1 is 1.62 bits per heavy atom. The van der Waals surface area contributed by atoms with Crippen molar-refractivity contribution in [2.45, 2.75) is 6.92 Å². The maximum absolute atomic E-state index is 10.9. The van der Waals surface area contributed by atoms with E-state index in [9.17, 15) is 4.79 Å². The molecule has 3 heteroatoms. The van der Waals surface area contributed by atoms with Gasteiger partial charge in [0, 0.05) is 11.8 Å². The number of Topliss-reactive ketones (excluding diaryl/α,β-unsaturated/α-hetero) is 1. The number of carbonyl (C=O) groups is 1. The molecular formula is C10H10N2O. The smallest absolute Gasteiger partial charge is 0.161 e. The number of hydrogen-bond acceptors (Lipinski definition) is 3. The van der Waals surface area contributed by atoms with E-state index >= 15 is 0 Å². The predicted molar refractivity (Wildman–Crippen MR) is 50.2 cm³/mol. The van der Waals surface area contributed by atoms with Crippen molar-refractivity contribution >= 4 is 5.78 Å². The molecule has 1 heterocycles. The first-order valence-electron chi connectivity index (χ1n) is 3.90. The van der Waals surface area contributed by atoms with Crippen LogP contribution in [0.3, 0.4) is 0 Å². The molecule has 66 valence electrons. The summed E-state index contributed by atoms with van der Waals surface area (Å²) in [4.78, 5) is 14.9. The molecule has 0 saturated carbocycles. The molecule has 0 radical (unpaired) electrons. The fourth-order valence-corrected chi connectivity index (χ4v) is 0.818. The third kappa shape index (κ3) is 2.69. The van der Waals surface area contributed by atoms with Gasteiger partial charge in [-0.05, 0) is 25.0 Å². The number of hydrogen-bond donors (Lipinski definition) is 1. The van der Waals surface area contributed by atoms with Gasteiger partial charge in [0.05, 0.1) is 6.54 Å². The molecule has 2 N–H and O–H groups in total. The van der Waals surface area contributed by atoms with Crippen LogP contribution in [0.15, 0.2) is 18.3 Å². The average molecular weight is 174 g/mol. The molecule has 1 aromatic rings. The van der Waals surface area contributed by atoms with Crippen LogP contribution in [-0.2, 0) is 0 Å². The summed E-state index contributed by atoms with van der Waals surface area (Å²) in [5.41, 5.74) is 6.43. The van der Waals surface area contributed by atoms with Crippen molar-refractivity contribution < 1.29 is 4.79 Å². The van der Waals surface area contributed by atoms with Crippen LogP contribution < -0.4 is 5.73 Å². The molecule has 13 heavy (non-hydrogen) atoms. The molecule has 0 aliphatic carbocycles. The average Bonchev–Trinajstić information content (AvgIpc) is 2.15. The zero-order valence-electron chi connectivity index (χ0n) is 7.37. The lowest BCUT2D eigenvalue weighted by Gasteiger charge is -1.93. The van der Waals surface area contributed by atoms with Crippen LogP contribution >= 0.6 is 0 Å². The third-order valence-corrected chi connectivity index (χ3v) is 1.49. The Labute approximate surface area is 77.0 Å². The van der Waals surface area contributed by atoms with Crippen molar-refractivity contribution in [1.29, 1.82) is 0 Å². The van der Waals surface area contributed by atoms with Crippen LogP contribution in [0, 0.1) is 11.8 Å². The van der Waals surface area contributed by atoms with Gasteiger partial charge in [0.1, 0.15) is 5.69 Å². The van der Waals surface area contributed by atoms with Gasteiger partial charge < -0.3 is 5.73 Å². The normalized spacial score (nSPS) is 8.77. The molecule has 0 aliphatic rings. The van der Waals surface area contributed by atoms with Crippen molar-refractivity contribution in [1.82, 2.24) is 4.98 Å². The quantitative estimate of drug-likeness (QED) is 0.501. The molecule has 1 rings (SSSR count). The summed E-state index contributed by atoms with van der Waals surface area (Å²) in [6.07, 6.45) is 1.52. The second-order valence-corrected chi connectivity index (χ2v) is 2.49. The summed E-state index contributed by atoms with van der Waals surface area (Å²) in [5, 5.41) is 0. The second kappa shape index (κ2) is 4.39. The van der Waals surface area contributed by atoms with Crippen molar-refractivity contribution in [2.24, 2.45) is 5.73 Å². The molecule has 0 amide bonds. The molecular weight excluding hydrogens is 164 g/mol. The summed E-state index contributed by atoms with van der Waals surface area (Å²) < 4.78 is 0. The molecule has 0 atom stereocenters. The summed E-state index contributed by atoms with van der Waals surface area (Å²) in [6.45, 7) is 1.82. The van der Waals surface area contributed by atoms with Gasteiger partial charge in [-0.15, -0.1) is 0 Å². The minimum Gasteiger partial charge on any atom is -0.320 e. The minimum absolute atomic E-state index is 0.00540. The second-order valence-electron chi connectivity index (χ2n) is 2.49. The summed E-state index contributed by atoms with van der Waals surface area (Å²) in [6, 6.07) is 3.41. The van der Waals surface area contributed by atoms with Crippen LogP contribution in [0.1, 0.15) is 23.0 Å². The van der Waals surface area contributed by atoms with E-state index in [0.717, 1.165) is 0 Å². The van der Waals surface area contributed by atoms with E-state index in [1.165, 1.54) is 13.1 Å². The topological polar surface area (TPSA) is 56.0 Å². The molecule has 0 fully saturated rings. The predicted octanol–water partition coefficient (Wildman–Crippen LogP) is 0.594. The highest BCUT2D eigenvalue weighted by atomic mass is 16.1. The first-order valence-corrected chi connectivity index (χ1v) is 3.90. The Morgan fingerprint density at radius 3 is 2.85 bits per heavy atom. The van der Waals surface area contributed by atoms with Crippen molar-refractivity contribution in [2.75, 3.05) is 6.54 Å². The summed E-state index contributed by atoms with van der Waals surface area (Å²) >= 11 is 0. The summed E-state index contributed by atoms with van der Waals surface area (Å²) in [5.74, 6) is 5.46. The number of carbonyl (C=O) groups excluding carboxylic acids is 1. The van der Waals surface area contributed by atoms with E-state index in [1.54, 1.807) is 12.1 Å². The maximum Gasteiger partial charge on any atom is 0.161 e. The van der Waals surface area contributed by atoms with Crippen LogP contribution in [0.2, 0.25) is 0 Å². The van der Waals surface area contributed by atoms with E-state index in [0.29, 0.717) is 17.8 Å². The van der Waals surface area contributed by atoms with Gasteiger partial charge >= 0.3 is 0 Å². The third-order valence-electron chi connectivity index (χ3n) is 1.49. The van der Waals surface area contributed by atoms with E-state index in [4.69, 9.17) is 5.73 Å². The lowest BCUT2D eigenvalue weighted by atomic mass is 10.2. The molecule has 0 bridgehead atoms. The first-order chi connectivity index (χ1) is 6.24. The lowest BCUT2D eigenvalue weighted by Crippen LogP contribution is -1.95. The maximum atomic E-state index is 10.9. The van der Waals surface area contributed by atoms with Gasteiger partial charge in [-0.25, -0.2) is 4.98 Å². The minimum atomic E-state index is 0.00540. The van der Waals surface area contributed by atoms with Gasteiger partial charge in [0.15, 0.2) is 5.78 Å². The molecule has 0 saturated heterocycles. The largest absolute Gasteiger partial charge is 0.320 e. The highest BCUT2D eigenvalue weighted by Gasteiger charge is 1.97. The number of pyridine rings is 1. The Hall–Kier alpha value is -1.66. The number of ketones is 1. The Balaban J connectivity index is 2.87. The zero-order valence-corrected chi connectivity index (χ0v) is 7.37. The standard InChI is InChI=1S/C10H10N2O/c1-8(13)9-4-5-10(12-7-9)3-2-6-11/h4-5,7H,6,11H2,1H3. The number of nitrogens with zero attached hydrogens (tertiary/aromatic N) is 1. The fraction of sp³-hybridized carbons (Fsp3) is 0.200. The number of aromatic nitrogens is 1. The van der Waals surface area contributed by atoms with Crippen LogP contribution in [0.5, 0.6) is 0 Å². The van der Waals surface area contributed by atoms with Gasteiger partial charge in [-0.1, -0.05) is 5.92 Å². The van der Waals surface area contributed by atoms with Crippen LogP contribution in [0.4, 0.5) is 0 Å². The van der Waals surface area contributed by atoms with Gasteiger partial charge in [0.2, 0.25) is 0 Å². The molecule has 0 aromatic carbocycles. The molecule has 0 spiro atoms. The van der Waals surface area contributed by atoms with Gasteiger partial charge in [0.25, 0.3) is 0 Å². The molecule has 1 aromatic heterocycles. The fourth-order valence-electron chi connectivity index (χ4n) is 0.818. The SMILES string of the molecule is CC(=O)c1ccc(C#CCN)nc1. The van der Waals surface area contributed by atoms with E-state index in [2.05, 4.69) is 16.8 Å². The van der Waals surface area contributed by atoms with Crippen molar-refractivity contribution in [3.8, 4) is 11.8 Å².